The maximum absolute atomic E-state index is 11.4. The SMILES string of the molecule is CCN1CCc2cc(OCCCS(C)(=O)=O)ccc2-c2cc(COc3ccc4c(c3)OCC4CC(=O)O)ccc21. The number of carbonyl (C=O) groups is 1. The van der Waals surface area contributed by atoms with Gasteiger partial charge in [0.1, 0.15) is 33.7 Å². The van der Waals surface area contributed by atoms with Gasteiger partial charge in [0, 0.05) is 48.1 Å². The van der Waals surface area contributed by atoms with Gasteiger partial charge in [-0.25, -0.2) is 8.42 Å². The Morgan fingerprint density at radius 2 is 1.85 bits per heavy atom. The number of aliphatic carboxylic acids is 1. The number of sulfone groups is 1. The average Bonchev–Trinajstić information content (AvgIpc) is 3.23. The third-order valence-corrected chi connectivity index (χ3v) is 8.45. The van der Waals surface area contributed by atoms with E-state index in [1.165, 1.54) is 17.5 Å². The first-order valence-electron chi connectivity index (χ1n) is 13.6. The van der Waals surface area contributed by atoms with Crippen molar-refractivity contribution in [1.29, 1.82) is 0 Å². The topological polar surface area (TPSA) is 102 Å². The highest BCUT2D eigenvalue weighted by atomic mass is 32.2. The quantitative estimate of drug-likeness (QED) is 0.321. The molecule has 0 saturated heterocycles. The number of benzene rings is 3. The molecule has 0 amide bonds. The second kappa shape index (κ2) is 11.8. The molecule has 0 spiro atoms. The zero-order valence-electron chi connectivity index (χ0n) is 22.9. The van der Waals surface area contributed by atoms with Gasteiger partial charge in [0.25, 0.3) is 0 Å². The predicted octanol–water partition coefficient (Wildman–Crippen LogP) is 5.08. The Labute approximate surface area is 235 Å². The second-order valence-electron chi connectivity index (χ2n) is 10.4. The van der Waals surface area contributed by atoms with E-state index in [2.05, 4.69) is 42.2 Å². The lowest BCUT2D eigenvalue weighted by atomic mass is 9.96. The van der Waals surface area contributed by atoms with Crippen molar-refractivity contribution in [3.63, 3.8) is 0 Å². The van der Waals surface area contributed by atoms with Gasteiger partial charge in [-0.2, -0.15) is 0 Å². The lowest BCUT2D eigenvalue weighted by Crippen LogP contribution is -2.24. The first kappa shape index (κ1) is 27.8. The smallest absolute Gasteiger partial charge is 0.304 e. The minimum atomic E-state index is -3.00. The minimum Gasteiger partial charge on any atom is -0.494 e. The Balaban J connectivity index is 1.32. The summed E-state index contributed by atoms with van der Waals surface area (Å²) < 4.78 is 40.5. The van der Waals surface area contributed by atoms with Crippen molar-refractivity contribution < 1.29 is 32.5 Å². The van der Waals surface area contributed by atoms with Gasteiger partial charge in [-0.3, -0.25) is 4.79 Å². The predicted molar refractivity (Wildman–Crippen MR) is 155 cm³/mol. The van der Waals surface area contributed by atoms with E-state index in [-0.39, 0.29) is 18.1 Å². The lowest BCUT2D eigenvalue weighted by Gasteiger charge is -2.23. The largest absolute Gasteiger partial charge is 0.494 e. The summed E-state index contributed by atoms with van der Waals surface area (Å²) in [5, 5.41) is 9.13. The molecule has 1 atom stereocenters. The normalized spacial score (nSPS) is 15.8. The first-order valence-corrected chi connectivity index (χ1v) is 15.7. The third kappa shape index (κ3) is 6.53. The number of likely N-dealkylation sites (N-methyl/N-ethyl adjacent to an activating group) is 1. The van der Waals surface area contributed by atoms with Gasteiger partial charge < -0.3 is 24.2 Å². The van der Waals surface area contributed by atoms with E-state index in [1.54, 1.807) is 0 Å². The molecule has 2 heterocycles. The third-order valence-electron chi connectivity index (χ3n) is 7.42. The molecular formula is C31H35NO7S. The summed E-state index contributed by atoms with van der Waals surface area (Å²) in [6.45, 7) is 5.05. The van der Waals surface area contributed by atoms with Gasteiger partial charge in [-0.05, 0) is 66.8 Å². The number of carboxylic acid groups (broad SMARTS) is 1. The van der Waals surface area contributed by atoms with Crippen LogP contribution in [-0.4, -0.2) is 57.8 Å². The molecule has 8 nitrogen and oxygen atoms in total. The van der Waals surface area contributed by atoms with Gasteiger partial charge in [0.2, 0.25) is 0 Å². The van der Waals surface area contributed by atoms with Crippen LogP contribution in [0.4, 0.5) is 5.69 Å². The highest BCUT2D eigenvalue weighted by Crippen LogP contribution is 2.40. The van der Waals surface area contributed by atoms with E-state index >= 15 is 0 Å². The van der Waals surface area contributed by atoms with E-state index in [1.807, 2.05) is 24.3 Å². The lowest BCUT2D eigenvalue weighted by molar-refractivity contribution is -0.137. The number of hydrogen-bond acceptors (Lipinski definition) is 7. The summed E-state index contributed by atoms with van der Waals surface area (Å²) in [7, 11) is -3.00. The molecule has 5 rings (SSSR count). The Hall–Kier alpha value is -3.72. The van der Waals surface area contributed by atoms with Gasteiger partial charge in [0.15, 0.2) is 0 Å². The van der Waals surface area contributed by atoms with E-state index in [9.17, 15) is 13.2 Å². The van der Waals surface area contributed by atoms with Crippen LogP contribution >= 0.6 is 0 Å². The zero-order chi connectivity index (χ0) is 28.3. The second-order valence-corrected chi connectivity index (χ2v) is 12.7. The summed E-state index contributed by atoms with van der Waals surface area (Å²) in [5.41, 5.74) is 6.63. The molecule has 0 fully saturated rings. The summed E-state index contributed by atoms with van der Waals surface area (Å²) in [6.07, 6.45) is 2.63. The molecule has 2 aliphatic rings. The summed E-state index contributed by atoms with van der Waals surface area (Å²) in [5.74, 6) is 1.27. The highest BCUT2D eigenvalue weighted by Gasteiger charge is 2.27. The van der Waals surface area contributed by atoms with Crippen molar-refractivity contribution in [2.45, 2.75) is 38.7 Å². The molecular weight excluding hydrogens is 530 g/mol. The van der Waals surface area contributed by atoms with E-state index in [0.717, 1.165) is 47.5 Å². The van der Waals surface area contributed by atoms with Crippen molar-refractivity contribution in [3.05, 3.63) is 71.3 Å². The van der Waals surface area contributed by atoms with E-state index in [0.29, 0.717) is 37.7 Å². The molecule has 40 heavy (non-hydrogen) atoms. The molecule has 3 aromatic carbocycles. The molecule has 212 valence electrons. The molecule has 1 unspecified atom stereocenters. The van der Waals surface area contributed by atoms with Gasteiger partial charge in [0.05, 0.1) is 25.4 Å². The monoisotopic (exact) mass is 565 g/mol. The summed E-state index contributed by atoms with van der Waals surface area (Å²) in [6, 6.07) is 18.2. The standard InChI is InChI=1S/C31H35NO7S/c1-3-32-12-11-22-16-24(37-13-4-14-40(2,35)36)6-8-26(22)28-15-21(5-10-29(28)32)19-38-25-7-9-27-23(17-31(33)34)20-39-30(27)18-25/h5-10,15-16,18,23H,3-4,11-14,17,19-20H2,1-2H3,(H,33,34). The molecule has 0 aromatic heterocycles. The average molecular weight is 566 g/mol. The molecule has 9 heteroatoms. The Kier molecular flexibility index (Phi) is 8.21. The van der Waals surface area contributed by atoms with Crippen LogP contribution in [0.5, 0.6) is 17.2 Å². The van der Waals surface area contributed by atoms with Crippen LogP contribution in [0.15, 0.2) is 54.6 Å². The summed E-state index contributed by atoms with van der Waals surface area (Å²) >= 11 is 0. The van der Waals surface area contributed by atoms with Gasteiger partial charge >= 0.3 is 5.97 Å². The number of carboxylic acids is 1. The van der Waals surface area contributed by atoms with Crippen LogP contribution in [0.1, 0.15) is 42.4 Å². The number of nitrogens with zero attached hydrogens (tertiary/aromatic N) is 1. The molecule has 0 saturated carbocycles. The van der Waals surface area contributed by atoms with Crippen LogP contribution in [0.2, 0.25) is 0 Å². The Bertz CT molecular complexity index is 1500. The Morgan fingerprint density at radius 1 is 1.05 bits per heavy atom. The van der Waals surface area contributed by atoms with Crippen molar-refractivity contribution in [2.24, 2.45) is 0 Å². The van der Waals surface area contributed by atoms with Crippen molar-refractivity contribution in [1.82, 2.24) is 0 Å². The van der Waals surface area contributed by atoms with Crippen molar-refractivity contribution in [3.8, 4) is 28.4 Å². The number of anilines is 1. The van der Waals surface area contributed by atoms with Crippen LogP contribution in [0, 0.1) is 0 Å². The molecule has 0 radical (unpaired) electrons. The Morgan fingerprint density at radius 3 is 2.62 bits per heavy atom. The molecule has 2 aliphatic heterocycles. The molecule has 0 bridgehead atoms. The van der Waals surface area contributed by atoms with Crippen molar-refractivity contribution >= 4 is 21.5 Å². The fraction of sp³-hybridized carbons (Fsp3) is 0.387. The number of rotatable bonds is 11. The van der Waals surface area contributed by atoms with Crippen LogP contribution in [-0.2, 0) is 27.7 Å². The first-order chi connectivity index (χ1) is 19.2. The highest BCUT2D eigenvalue weighted by molar-refractivity contribution is 7.90. The van der Waals surface area contributed by atoms with E-state index in [4.69, 9.17) is 19.3 Å². The molecule has 3 aromatic rings. The van der Waals surface area contributed by atoms with Crippen LogP contribution < -0.4 is 19.1 Å². The zero-order valence-corrected chi connectivity index (χ0v) is 23.7. The molecule has 1 N–H and O–H groups in total. The number of fused-ring (bicyclic) bond motifs is 4. The fourth-order valence-electron chi connectivity index (χ4n) is 5.40. The number of ether oxygens (including phenoxy) is 3. The number of hydrogen-bond donors (Lipinski definition) is 1. The van der Waals surface area contributed by atoms with Crippen molar-refractivity contribution in [2.75, 3.05) is 43.2 Å². The van der Waals surface area contributed by atoms with Gasteiger partial charge in [-0.15, -0.1) is 0 Å². The maximum atomic E-state index is 11.4. The molecule has 0 aliphatic carbocycles. The summed E-state index contributed by atoms with van der Waals surface area (Å²) in [4.78, 5) is 13.5. The fourth-order valence-corrected chi connectivity index (χ4v) is 6.04. The van der Waals surface area contributed by atoms with E-state index < -0.39 is 15.8 Å². The maximum Gasteiger partial charge on any atom is 0.304 e. The van der Waals surface area contributed by atoms with Crippen LogP contribution in [0.25, 0.3) is 11.1 Å². The minimum absolute atomic E-state index is 0.0510. The van der Waals surface area contributed by atoms with Gasteiger partial charge in [-0.1, -0.05) is 18.2 Å². The van der Waals surface area contributed by atoms with Crippen LogP contribution in [0.3, 0.4) is 0 Å².